The van der Waals surface area contributed by atoms with Gasteiger partial charge in [0.2, 0.25) is 0 Å². The average molecular weight is 335 g/mol. The largest absolute Gasteiger partial charge is 0.480 e. The van der Waals surface area contributed by atoms with Crippen LogP contribution >= 0.6 is 0 Å². The number of hydrogen-bond donors (Lipinski definition) is 1. The van der Waals surface area contributed by atoms with Gasteiger partial charge in [0.05, 0.1) is 11.5 Å². The van der Waals surface area contributed by atoms with Gasteiger partial charge in [0.15, 0.2) is 0 Å². The molecule has 1 N–H and O–H groups in total. The summed E-state index contributed by atoms with van der Waals surface area (Å²) >= 11 is 0. The van der Waals surface area contributed by atoms with Crippen LogP contribution in [0.3, 0.4) is 0 Å². The minimum atomic E-state index is -0.781. The number of nitrogens with zero attached hydrogens (tertiary/aromatic N) is 3. The van der Waals surface area contributed by atoms with Crippen molar-refractivity contribution in [3.8, 4) is 0 Å². The van der Waals surface area contributed by atoms with E-state index in [-0.39, 0.29) is 17.2 Å². The number of aliphatic carboxylic acids is 1. The summed E-state index contributed by atoms with van der Waals surface area (Å²) < 4.78 is 0. The first-order chi connectivity index (χ1) is 11.5. The van der Waals surface area contributed by atoms with E-state index in [1.54, 1.807) is 12.1 Å². The SMILES string of the molecule is CN(CC(=O)O)C1CCCN(CCc2ccc([N+](=O)[O-])cc2)CC1. The van der Waals surface area contributed by atoms with Crippen molar-refractivity contribution in [2.75, 3.05) is 33.2 Å². The van der Waals surface area contributed by atoms with E-state index < -0.39 is 5.97 Å². The van der Waals surface area contributed by atoms with Crippen LogP contribution in [-0.4, -0.2) is 65.1 Å². The Bertz CT molecular complexity index is 561. The maximum absolute atomic E-state index is 10.8. The maximum atomic E-state index is 10.8. The number of likely N-dealkylation sites (tertiary alicyclic amines) is 1. The third-order valence-electron chi connectivity index (χ3n) is 4.66. The zero-order valence-corrected chi connectivity index (χ0v) is 14.1. The van der Waals surface area contributed by atoms with E-state index in [2.05, 4.69) is 4.90 Å². The molecular formula is C17H25N3O4. The lowest BCUT2D eigenvalue weighted by molar-refractivity contribution is -0.384. The summed E-state index contributed by atoms with van der Waals surface area (Å²) in [7, 11) is 1.88. The fourth-order valence-corrected chi connectivity index (χ4v) is 3.22. The number of hydrogen-bond acceptors (Lipinski definition) is 5. The van der Waals surface area contributed by atoms with Crippen LogP contribution in [0.5, 0.6) is 0 Å². The Morgan fingerprint density at radius 2 is 2.04 bits per heavy atom. The van der Waals surface area contributed by atoms with Gasteiger partial charge >= 0.3 is 5.97 Å². The van der Waals surface area contributed by atoms with E-state index >= 15 is 0 Å². The summed E-state index contributed by atoms with van der Waals surface area (Å²) in [6.07, 6.45) is 3.93. The molecule has 1 aromatic carbocycles. The molecule has 0 spiro atoms. The molecule has 2 rings (SSSR count). The Morgan fingerprint density at radius 1 is 1.33 bits per heavy atom. The number of benzene rings is 1. The minimum absolute atomic E-state index is 0.0907. The number of carboxylic acids is 1. The second-order valence-electron chi connectivity index (χ2n) is 6.41. The lowest BCUT2D eigenvalue weighted by Gasteiger charge is -2.25. The van der Waals surface area contributed by atoms with Crippen molar-refractivity contribution >= 4 is 11.7 Å². The predicted octanol–water partition coefficient (Wildman–Crippen LogP) is 2.01. The Kier molecular flexibility index (Phi) is 6.69. The van der Waals surface area contributed by atoms with Gasteiger partial charge in [-0.05, 0) is 51.4 Å². The minimum Gasteiger partial charge on any atom is -0.480 e. The average Bonchev–Trinajstić information content (AvgIpc) is 2.78. The van der Waals surface area contributed by atoms with Crippen LogP contribution in [0.15, 0.2) is 24.3 Å². The van der Waals surface area contributed by atoms with Gasteiger partial charge in [-0.1, -0.05) is 12.1 Å². The van der Waals surface area contributed by atoms with Crippen LogP contribution < -0.4 is 0 Å². The monoisotopic (exact) mass is 335 g/mol. The molecule has 7 nitrogen and oxygen atoms in total. The Labute approximate surface area is 142 Å². The number of nitro groups is 1. The zero-order valence-electron chi connectivity index (χ0n) is 14.1. The fourth-order valence-electron chi connectivity index (χ4n) is 3.22. The molecule has 1 aromatic rings. The van der Waals surface area contributed by atoms with Crippen molar-refractivity contribution in [3.63, 3.8) is 0 Å². The molecule has 1 atom stereocenters. The summed E-state index contributed by atoms with van der Waals surface area (Å²) in [6, 6.07) is 7.06. The summed E-state index contributed by atoms with van der Waals surface area (Å²) in [4.78, 5) is 25.4. The number of rotatable bonds is 7. The predicted molar refractivity (Wildman–Crippen MR) is 91.1 cm³/mol. The molecule has 1 aliphatic heterocycles. The molecule has 0 bridgehead atoms. The molecule has 132 valence electrons. The third-order valence-corrected chi connectivity index (χ3v) is 4.66. The maximum Gasteiger partial charge on any atom is 0.317 e. The number of likely N-dealkylation sites (N-methyl/N-ethyl adjacent to an activating group) is 1. The van der Waals surface area contributed by atoms with Crippen LogP contribution in [0.4, 0.5) is 5.69 Å². The van der Waals surface area contributed by atoms with Crippen molar-refractivity contribution in [1.82, 2.24) is 9.80 Å². The molecule has 1 saturated heterocycles. The van der Waals surface area contributed by atoms with Crippen molar-refractivity contribution in [1.29, 1.82) is 0 Å². The van der Waals surface area contributed by atoms with Crippen LogP contribution in [0.1, 0.15) is 24.8 Å². The van der Waals surface area contributed by atoms with Crippen LogP contribution in [0, 0.1) is 10.1 Å². The molecule has 1 heterocycles. The molecule has 7 heteroatoms. The summed E-state index contributed by atoms with van der Waals surface area (Å²) in [6.45, 7) is 2.99. The molecule has 0 aliphatic carbocycles. The van der Waals surface area contributed by atoms with Gasteiger partial charge in [0.1, 0.15) is 0 Å². The van der Waals surface area contributed by atoms with E-state index in [1.165, 1.54) is 0 Å². The highest BCUT2D eigenvalue weighted by Gasteiger charge is 2.21. The van der Waals surface area contributed by atoms with Gasteiger partial charge in [-0.25, -0.2) is 0 Å². The second kappa shape index (κ2) is 8.75. The molecule has 0 saturated carbocycles. The number of carbonyl (C=O) groups is 1. The van der Waals surface area contributed by atoms with Gasteiger partial charge < -0.3 is 10.0 Å². The summed E-state index contributed by atoms with van der Waals surface area (Å²) in [5.41, 5.74) is 1.22. The Morgan fingerprint density at radius 3 is 2.67 bits per heavy atom. The highest BCUT2D eigenvalue weighted by atomic mass is 16.6. The molecule has 1 fully saturated rings. The fraction of sp³-hybridized carbons (Fsp3) is 0.588. The van der Waals surface area contributed by atoms with Gasteiger partial charge in [-0.15, -0.1) is 0 Å². The van der Waals surface area contributed by atoms with E-state index in [0.29, 0.717) is 6.04 Å². The van der Waals surface area contributed by atoms with Crippen molar-refractivity contribution in [3.05, 3.63) is 39.9 Å². The Hall–Kier alpha value is -1.99. The molecule has 1 unspecified atom stereocenters. The molecule has 1 aliphatic rings. The van der Waals surface area contributed by atoms with Crippen molar-refractivity contribution < 1.29 is 14.8 Å². The highest BCUT2D eigenvalue weighted by molar-refractivity contribution is 5.69. The number of non-ortho nitro benzene ring substituents is 1. The first-order valence-corrected chi connectivity index (χ1v) is 8.33. The number of nitro benzene ring substituents is 1. The van der Waals surface area contributed by atoms with Gasteiger partial charge in [-0.3, -0.25) is 19.8 Å². The molecule has 0 aromatic heterocycles. The first kappa shape index (κ1) is 18.4. The topological polar surface area (TPSA) is 86.9 Å². The quantitative estimate of drug-likeness (QED) is 0.606. The number of carboxylic acid groups (broad SMARTS) is 1. The lowest BCUT2D eigenvalue weighted by Crippen LogP contribution is -2.36. The Balaban J connectivity index is 1.79. The van der Waals surface area contributed by atoms with Crippen LogP contribution in [0.2, 0.25) is 0 Å². The smallest absolute Gasteiger partial charge is 0.317 e. The zero-order chi connectivity index (χ0) is 17.5. The van der Waals surface area contributed by atoms with Gasteiger partial charge in [0, 0.05) is 24.7 Å². The molecule has 24 heavy (non-hydrogen) atoms. The molecule has 0 radical (unpaired) electrons. The lowest BCUT2D eigenvalue weighted by atomic mass is 10.1. The molecular weight excluding hydrogens is 310 g/mol. The van der Waals surface area contributed by atoms with E-state index in [0.717, 1.165) is 50.9 Å². The first-order valence-electron chi connectivity index (χ1n) is 8.33. The second-order valence-corrected chi connectivity index (χ2v) is 6.41. The molecule has 0 amide bonds. The van der Waals surface area contributed by atoms with Gasteiger partial charge in [-0.2, -0.15) is 0 Å². The van der Waals surface area contributed by atoms with Crippen molar-refractivity contribution in [2.45, 2.75) is 31.7 Å². The summed E-state index contributed by atoms with van der Waals surface area (Å²) in [5, 5.41) is 19.6. The highest BCUT2D eigenvalue weighted by Crippen LogP contribution is 2.17. The van der Waals surface area contributed by atoms with E-state index in [4.69, 9.17) is 5.11 Å². The summed E-state index contributed by atoms with van der Waals surface area (Å²) in [5.74, 6) is -0.781. The van der Waals surface area contributed by atoms with E-state index in [1.807, 2.05) is 24.1 Å². The third kappa shape index (κ3) is 5.58. The van der Waals surface area contributed by atoms with Crippen LogP contribution in [0.25, 0.3) is 0 Å². The van der Waals surface area contributed by atoms with Crippen LogP contribution in [-0.2, 0) is 11.2 Å². The normalized spacial score (nSPS) is 19.2. The standard InChI is InChI=1S/C17H25N3O4/c1-18(13-17(21)22)15-3-2-10-19(12-9-15)11-8-14-4-6-16(7-5-14)20(23)24/h4-7,15H,2-3,8-13H2,1H3,(H,21,22). The van der Waals surface area contributed by atoms with E-state index in [9.17, 15) is 14.9 Å². The van der Waals surface area contributed by atoms with Gasteiger partial charge in [0.25, 0.3) is 5.69 Å². The van der Waals surface area contributed by atoms with Crippen molar-refractivity contribution in [2.24, 2.45) is 0 Å².